The van der Waals surface area contributed by atoms with E-state index in [2.05, 4.69) is 4.72 Å². The molecule has 5 nitrogen and oxygen atoms in total. The summed E-state index contributed by atoms with van der Waals surface area (Å²) in [6.45, 7) is 5.14. The lowest BCUT2D eigenvalue weighted by Gasteiger charge is -2.19. The Morgan fingerprint density at radius 3 is 2.20 bits per heavy atom. The van der Waals surface area contributed by atoms with Gasteiger partial charge in [-0.2, -0.15) is 0 Å². The average molecular weight is 299 g/mol. The molecule has 1 rings (SSSR count). The van der Waals surface area contributed by atoms with E-state index in [1.165, 1.54) is 0 Å². The Balaban J connectivity index is 2.77. The molecule has 0 aliphatic carbocycles. The Bertz CT molecular complexity index is 540. The predicted molar refractivity (Wildman–Crippen MR) is 78.0 cm³/mol. The summed E-state index contributed by atoms with van der Waals surface area (Å²) < 4.78 is 26.4. The molecule has 0 saturated heterocycles. The van der Waals surface area contributed by atoms with Gasteiger partial charge in [0.15, 0.2) is 0 Å². The Kier molecular flexibility index (Phi) is 5.71. The quantitative estimate of drug-likeness (QED) is 0.804. The molecule has 0 aromatic heterocycles. The van der Waals surface area contributed by atoms with Crippen LogP contribution in [0.4, 0.5) is 0 Å². The summed E-state index contributed by atoms with van der Waals surface area (Å²) >= 11 is 0. The number of benzene rings is 1. The van der Waals surface area contributed by atoms with Gasteiger partial charge in [0.25, 0.3) is 0 Å². The predicted octanol–water partition coefficient (Wildman–Crippen LogP) is 1.82. The summed E-state index contributed by atoms with van der Waals surface area (Å²) in [5.74, 6) is -1.80. The highest BCUT2D eigenvalue weighted by Crippen LogP contribution is 2.17. The minimum Gasteiger partial charge on any atom is -0.480 e. The first kappa shape index (κ1) is 16.7. The number of hydrogen-bond acceptors (Lipinski definition) is 3. The van der Waals surface area contributed by atoms with Crippen LogP contribution in [-0.4, -0.2) is 31.3 Å². The van der Waals surface area contributed by atoms with E-state index in [4.69, 9.17) is 5.11 Å². The Hall–Kier alpha value is -1.40. The highest BCUT2D eigenvalue weighted by atomic mass is 32.2. The van der Waals surface area contributed by atoms with E-state index in [1.54, 1.807) is 20.8 Å². The van der Waals surface area contributed by atoms with Gasteiger partial charge in [-0.15, -0.1) is 0 Å². The molecule has 2 N–H and O–H groups in total. The second-order valence-electron chi connectivity index (χ2n) is 5.27. The molecule has 0 amide bonds. The normalized spacial score (nSPS) is 15.0. The van der Waals surface area contributed by atoms with Gasteiger partial charge in [0, 0.05) is 0 Å². The van der Waals surface area contributed by atoms with Crippen LogP contribution in [0.25, 0.3) is 0 Å². The fraction of sp³-hybridized carbons (Fsp3) is 0.500. The van der Waals surface area contributed by atoms with Gasteiger partial charge >= 0.3 is 5.97 Å². The van der Waals surface area contributed by atoms with Crippen molar-refractivity contribution in [3.63, 3.8) is 0 Å². The number of aliphatic carboxylic acids is 1. The fourth-order valence-electron chi connectivity index (χ4n) is 1.92. The van der Waals surface area contributed by atoms with Gasteiger partial charge in [-0.1, -0.05) is 51.1 Å². The first-order valence-corrected chi connectivity index (χ1v) is 8.16. The van der Waals surface area contributed by atoms with E-state index >= 15 is 0 Å². The van der Waals surface area contributed by atoms with Crippen LogP contribution >= 0.6 is 0 Å². The number of carboxylic acid groups (broad SMARTS) is 1. The zero-order valence-electron chi connectivity index (χ0n) is 11.9. The van der Waals surface area contributed by atoms with Gasteiger partial charge in [0.05, 0.1) is 5.75 Å². The molecule has 0 heterocycles. The Morgan fingerprint density at radius 2 is 1.75 bits per heavy atom. The summed E-state index contributed by atoms with van der Waals surface area (Å²) in [5.41, 5.74) is 0.911. The van der Waals surface area contributed by atoms with E-state index in [1.807, 2.05) is 30.3 Å². The molecular weight excluding hydrogens is 278 g/mol. The smallest absolute Gasteiger partial charge is 0.321 e. The van der Waals surface area contributed by atoms with Crippen molar-refractivity contribution < 1.29 is 18.3 Å². The van der Waals surface area contributed by atoms with Crippen molar-refractivity contribution in [2.24, 2.45) is 5.92 Å². The lowest BCUT2D eigenvalue weighted by atomic mass is 10.0. The SMILES string of the molecule is CC(CS(=O)(=O)N[C@H](C(=O)O)C(C)C)c1ccccc1. The molecule has 0 radical (unpaired) electrons. The van der Waals surface area contributed by atoms with Crippen LogP contribution in [0.15, 0.2) is 30.3 Å². The molecule has 1 aromatic carbocycles. The molecule has 0 aliphatic rings. The highest BCUT2D eigenvalue weighted by molar-refractivity contribution is 7.89. The third kappa shape index (κ3) is 4.94. The summed E-state index contributed by atoms with van der Waals surface area (Å²) in [5, 5.41) is 9.03. The van der Waals surface area contributed by atoms with Crippen LogP contribution in [0.1, 0.15) is 32.3 Å². The largest absolute Gasteiger partial charge is 0.480 e. The maximum atomic E-state index is 12.1. The second kappa shape index (κ2) is 6.85. The van der Waals surface area contributed by atoms with Crippen molar-refractivity contribution >= 4 is 16.0 Å². The third-order valence-corrected chi connectivity index (χ3v) is 4.63. The molecule has 2 atom stereocenters. The zero-order valence-corrected chi connectivity index (χ0v) is 12.7. The molecule has 0 spiro atoms. The Labute approximate surface area is 120 Å². The second-order valence-corrected chi connectivity index (χ2v) is 7.07. The zero-order chi connectivity index (χ0) is 15.3. The van der Waals surface area contributed by atoms with Crippen molar-refractivity contribution in [1.82, 2.24) is 4.72 Å². The van der Waals surface area contributed by atoms with Crippen LogP contribution < -0.4 is 4.72 Å². The molecule has 6 heteroatoms. The number of nitrogens with one attached hydrogen (secondary N) is 1. The first-order valence-electron chi connectivity index (χ1n) is 6.50. The average Bonchev–Trinajstić information content (AvgIpc) is 2.36. The molecule has 0 aliphatic heterocycles. The van der Waals surface area contributed by atoms with Gasteiger partial charge in [0.1, 0.15) is 6.04 Å². The van der Waals surface area contributed by atoms with E-state index in [0.29, 0.717) is 0 Å². The molecule has 1 aromatic rings. The van der Waals surface area contributed by atoms with Crippen molar-refractivity contribution in [2.75, 3.05) is 5.75 Å². The molecule has 20 heavy (non-hydrogen) atoms. The lowest BCUT2D eigenvalue weighted by molar-refractivity contribution is -0.140. The molecule has 0 saturated carbocycles. The van der Waals surface area contributed by atoms with Gasteiger partial charge in [0.2, 0.25) is 10.0 Å². The van der Waals surface area contributed by atoms with Crippen LogP contribution in [-0.2, 0) is 14.8 Å². The molecular formula is C14H21NO4S. The van der Waals surface area contributed by atoms with Gasteiger partial charge in [-0.25, -0.2) is 13.1 Å². The number of hydrogen-bond donors (Lipinski definition) is 2. The van der Waals surface area contributed by atoms with Gasteiger partial charge < -0.3 is 5.11 Å². The van der Waals surface area contributed by atoms with E-state index in [0.717, 1.165) is 5.56 Å². The summed E-state index contributed by atoms with van der Waals surface area (Å²) in [7, 11) is -3.65. The minimum absolute atomic E-state index is 0.131. The van der Waals surface area contributed by atoms with Crippen LogP contribution in [0.2, 0.25) is 0 Å². The van der Waals surface area contributed by atoms with E-state index < -0.39 is 22.0 Å². The fourth-order valence-corrected chi connectivity index (χ4v) is 3.63. The van der Waals surface area contributed by atoms with E-state index in [9.17, 15) is 13.2 Å². The summed E-state index contributed by atoms with van der Waals surface area (Å²) in [6, 6.07) is 8.18. The summed E-state index contributed by atoms with van der Waals surface area (Å²) in [6.07, 6.45) is 0. The summed E-state index contributed by atoms with van der Waals surface area (Å²) in [4.78, 5) is 11.0. The van der Waals surface area contributed by atoms with Crippen LogP contribution in [0.3, 0.4) is 0 Å². The van der Waals surface area contributed by atoms with Crippen LogP contribution in [0, 0.1) is 5.92 Å². The molecule has 0 fully saturated rings. The standard InChI is InChI=1S/C14H21NO4S/c1-10(2)13(14(16)17)15-20(18,19)9-11(3)12-7-5-4-6-8-12/h4-8,10-11,13,15H,9H2,1-3H3,(H,16,17)/t11?,13-/m0/s1. The first-order chi connectivity index (χ1) is 9.23. The number of carboxylic acids is 1. The van der Waals surface area contributed by atoms with Crippen molar-refractivity contribution in [3.8, 4) is 0 Å². The third-order valence-electron chi connectivity index (χ3n) is 3.08. The number of carbonyl (C=O) groups is 1. The van der Waals surface area contributed by atoms with Crippen molar-refractivity contribution in [1.29, 1.82) is 0 Å². The van der Waals surface area contributed by atoms with Crippen molar-refractivity contribution in [2.45, 2.75) is 32.7 Å². The maximum absolute atomic E-state index is 12.1. The lowest BCUT2D eigenvalue weighted by Crippen LogP contribution is -2.45. The topological polar surface area (TPSA) is 83.5 Å². The van der Waals surface area contributed by atoms with Gasteiger partial charge in [-0.05, 0) is 17.4 Å². The maximum Gasteiger partial charge on any atom is 0.321 e. The Morgan fingerprint density at radius 1 is 1.20 bits per heavy atom. The highest BCUT2D eigenvalue weighted by Gasteiger charge is 2.28. The van der Waals surface area contributed by atoms with Crippen LogP contribution in [0.5, 0.6) is 0 Å². The number of rotatable bonds is 7. The number of sulfonamides is 1. The van der Waals surface area contributed by atoms with E-state index in [-0.39, 0.29) is 17.6 Å². The molecule has 1 unspecified atom stereocenters. The van der Waals surface area contributed by atoms with Gasteiger partial charge in [-0.3, -0.25) is 4.79 Å². The molecule has 112 valence electrons. The minimum atomic E-state index is -3.65. The molecule has 0 bridgehead atoms. The monoisotopic (exact) mass is 299 g/mol. The van der Waals surface area contributed by atoms with Crippen molar-refractivity contribution in [3.05, 3.63) is 35.9 Å².